The number of phenolic OH excluding ortho intramolecular Hbond substituents is 1. The van der Waals surface area contributed by atoms with E-state index in [9.17, 15) is 5.11 Å². The van der Waals surface area contributed by atoms with E-state index in [0.29, 0.717) is 5.75 Å². The van der Waals surface area contributed by atoms with Crippen molar-refractivity contribution >= 4 is 43.1 Å². The van der Waals surface area contributed by atoms with Gasteiger partial charge < -0.3 is 5.11 Å². The lowest BCUT2D eigenvalue weighted by atomic mass is 10.0. The number of hydrogen-bond acceptors (Lipinski definition) is 2. The fourth-order valence-electron chi connectivity index (χ4n) is 2.60. The van der Waals surface area contributed by atoms with E-state index in [-0.39, 0.29) is 0 Å². The third-order valence-electron chi connectivity index (χ3n) is 3.61. The molecule has 1 nitrogen and oxygen atoms in total. The predicted molar refractivity (Wildman–Crippen MR) is 84.8 cm³/mol. The molecule has 19 heavy (non-hydrogen) atoms. The number of rotatable bonds is 2. The summed E-state index contributed by atoms with van der Waals surface area (Å²) in [5.41, 5.74) is 2.09. The standard InChI is InChI=1S/C16H15ClOS/c1-3-9-7-13-12-6-5-10(17)8-14(12)19-16(13)11(4-2)15(9)18/h5-8,18H,3-4H2,1-2H3. The second kappa shape index (κ2) is 4.69. The first-order chi connectivity index (χ1) is 9.15. The van der Waals surface area contributed by atoms with E-state index < -0.39 is 0 Å². The van der Waals surface area contributed by atoms with E-state index in [1.54, 1.807) is 11.3 Å². The van der Waals surface area contributed by atoms with Gasteiger partial charge in [-0.05, 0) is 36.6 Å². The molecule has 0 aliphatic heterocycles. The Balaban J connectivity index is 2.49. The molecule has 0 amide bonds. The van der Waals surface area contributed by atoms with Gasteiger partial charge in [0, 0.05) is 30.8 Å². The van der Waals surface area contributed by atoms with Crippen LogP contribution in [0.5, 0.6) is 5.75 Å². The minimum absolute atomic E-state index is 0.468. The first-order valence-corrected chi connectivity index (χ1v) is 7.70. The Hall–Kier alpha value is -1.25. The summed E-state index contributed by atoms with van der Waals surface area (Å²) < 4.78 is 2.37. The van der Waals surface area contributed by atoms with E-state index >= 15 is 0 Å². The maximum Gasteiger partial charge on any atom is 0.123 e. The molecule has 0 unspecified atom stereocenters. The molecular formula is C16H15ClOS. The molecule has 1 N–H and O–H groups in total. The van der Waals surface area contributed by atoms with Crippen LogP contribution in [0.25, 0.3) is 20.2 Å². The third kappa shape index (κ3) is 1.90. The number of halogens is 1. The van der Waals surface area contributed by atoms with E-state index in [4.69, 9.17) is 11.6 Å². The van der Waals surface area contributed by atoms with Crippen LogP contribution >= 0.6 is 22.9 Å². The molecule has 98 valence electrons. The van der Waals surface area contributed by atoms with Crippen molar-refractivity contribution in [2.24, 2.45) is 0 Å². The maximum absolute atomic E-state index is 10.3. The number of fused-ring (bicyclic) bond motifs is 3. The highest BCUT2D eigenvalue weighted by Gasteiger charge is 2.15. The maximum atomic E-state index is 10.3. The lowest BCUT2D eigenvalue weighted by Gasteiger charge is -2.08. The molecule has 1 aromatic heterocycles. The molecule has 0 spiro atoms. The van der Waals surface area contributed by atoms with Crippen LogP contribution in [0.4, 0.5) is 0 Å². The molecule has 3 heteroatoms. The van der Waals surface area contributed by atoms with E-state index in [1.807, 2.05) is 12.1 Å². The highest BCUT2D eigenvalue weighted by atomic mass is 35.5. The Morgan fingerprint density at radius 1 is 1.11 bits per heavy atom. The molecule has 0 atom stereocenters. The van der Waals surface area contributed by atoms with E-state index in [0.717, 1.165) is 29.0 Å². The zero-order chi connectivity index (χ0) is 13.6. The van der Waals surface area contributed by atoms with Crippen LogP contribution in [-0.2, 0) is 12.8 Å². The van der Waals surface area contributed by atoms with Crippen LogP contribution in [0.3, 0.4) is 0 Å². The highest BCUT2D eigenvalue weighted by molar-refractivity contribution is 7.26. The monoisotopic (exact) mass is 290 g/mol. The molecule has 3 aromatic rings. The van der Waals surface area contributed by atoms with Crippen molar-refractivity contribution in [1.29, 1.82) is 0 Å². The van der Waals surface area contributed by atoms with Crippen molar-refractivity contribution in [3.05, 3.63) is 40.4 Å². The molecule has 0 radical (unpaired) electrons. The third-order valence-corrected chi connectivity index (χ3v) is 5.07. The Labute approximate surface area is 121 Å². The average Bonchev–Trinajstić information content (AvgIpc) is 2.74. The van der Waals surface area contributed by atoms with Crippen LogP contribution < -0.4 is 0 Å². The molecule has 1 heterocycles. The van der Waals surface area contributed by atoms with Crippen LogP contribution in [0.1, 0.15) is 25.0 Å². The summed E-state index contributed by atoms with van der Waals surface area (Å²) in [4.78, 5) is 0. The van der Waals surface area contributed by atoms with Crippen molar-refractivity contribution in [3.8, 4) is 5.75 Å². The smallest absolute Gasteiger partial charge is 0.123 e. The summed E-state index contributed by atoms with van der Waals surface area (Å²) in [6.07, 6.45) is 1.69. The number of hydrogen-bond donors (Lipinski definition) is 1. The van der Waals surface area contributed by atoms with Crippen LogP contribution in [-0.4, -0.2) is 5.11 Å². The molecule has 0 saturated carbocycles. The molecule has 0 fully saturated rings. The number of aromatic hydroxyl groups is 1. The topological polar surface area (TPSA) is 20.2 Å². The van der Waals surface area contributed by atoms with Crippen LogP contribution in [0, 0.1) is 0 Å². The Morgan fingerprint density at radius 3 is 2.58 bits per heavy atom. The number of thiophene rings is 1. The van der Waals surface area contributed by atoms with Crippen molar-refractivity contribution < 1.29 is 5.11 Å². The van der Waals surface area contributed by atoms with Crippen molar-refractivity contribution in [2.45, 2.75) is 26.7 Å². The lowest BCUT2D eigenvalue weighted by molar-refractivity contribution is 0.464. The van der Waals surface area contributed by atoms with Gasteiger partial charge >= 0.3 is 0 Å². The zero-order valence-electron chi connectivity index (χ0n) is 11.0. The van der Waals surface area contributed by atoms with Crippen LogP contribution in [0.15, 0.2) is 24.3 Å². The lowest BCUT2D eigenvalue weighted by Crippen LogP contribution is -1.89. The first kappa shape index (κ1) is 12.8. The Bertz CT molecular complexity index is 773. The second-order valence-electron chi connectivity index (χ2n) is 4.69. The van der Waals surface area contributed by atoms with Gasteiger partial charge in [-0.1, -0.05) is 31.5 Å². The SMILES string of the molecule is CCc1cc2c(sc3cc(Cl)ccc32)c(CC)c1O. The fourth-order valence-corrected chi connectivity index (χ4v) is 4.17. The summed E-state index contributed by atoms with van der Waals surface area (Å²) in [6.45, 7) is 4.16. The molecule has 0 aliphatic carbocycles. The first-order valence-electron chi connectivity index (χ1n) is 6.51. The minimum Gasteiger partial charge on any atom is -0.507 e. The van der Waals surface area contributed by atoms with Gasteiger partial charge in [0.1, 0.15) is 5.75 Å². The molecule has 2 aromatic carbocycles. The Kier molecular flexibility index (Phi) is 3.15. The zero-order valence-corrected chi connectivity index (χ0v) is 12.5. The van der Waals surface area contributed by atoms with Crippen molar-refractivity contribution in [2.75, 3.05) is 0 Å². The van der Waals surface area contributed by atoms with Gasteiger partial charge in [-0.25, -0.2) is 0 Å². The minimum atomic E-state index is 0.468. The summed E-state index contributed by atoms with van der Waals surface area (Å²) in [6, 6.07) is 8.13. The average molecular weight is 291 g/mol. The predicted octanol–water partition coefficient (Wildman–Crippen LogP) is 5.54. The van der Waals surface area contributed by atoms with Gasteiger partial charge in [0.25, 0.3) is 0 Å². The van der Waals surface area contributed by atoms with Gasteiger partial charge in [0.15, 0.2) is 0 Å². The number of aryl methyl sites for hydroxylation is 2. The van der Waals surface area contributed by atoms with Gasteiger partial charge in [-0.2, -0.15) is 0 Å². The van der Waals surface area contributed by atoms with E-state index in [1.165, 1.54) is 20.2 Å². The quantitative estimate of drug-likeness (QED) is 0.657. The number of benzene rings is 2. The summed E-state index contributed by atoms with van der Waals surface area (Å²) in [7, 11) is 0. The molecular weight excluding hydrogens is 276 g/mol. The van der Waals surface area contributed by atoms with Gasteiger partial charge in [-0.3, -0.25) is 0 Å². The normalized spacial score (nSPS) is 11.5. The summed E-state index contributed by atoms with van der Waals surface area (Å²) in [5.74, 6) is 0.468. The van der Waals surface area contributed by atoms with Crippen LogP contribution in [0.2, 0.25) is 5.02 Å². The number of phenols is 1. The molecule has 0 bridgehead atoms. The molecule has 3 rings (SSSR count). The molecule has 0 aliphatic rings. The van der Waals surface area contributed by atoms with Gasteiger partial charge in [0.2, 0.25) is 0 Å². The summed E-state index contributed by atoms with van der Waals surface area (Å²) in [5, 5.41) is 13.6. The second-order valence-corrected chi connectivity index (χ2v) is 6.18. The van der Waals surface area contributed by atoms with E-state index in [2.05, 4.69) is 26.0 Å². The van der Waals surface area contributed by atoms with Crippen molar-refractivity contribution in [1.82, 2.24) is 0 Å². The van der Waals surface area contributed by atoms with Crippen molar-refractivity contribution in [3.63, 3.8) is 0 Å². The Morgan fingerprint density at radius 2 is 1.89 bits per heavy atom. The fraction of sp³-hybridized carbons (Fsp3) is 0.250. The van der Waals surface area contributed by atoms with Gasteiger partial charge in [-0.15, -0.1) is 11.3 Å². The van der Waals surface area contributed by atoms with Gasteiger partial charge in [0.05, 0.1) is 0 Å². The summed E-state index contributed by atoms with van der Waals surface area (Å²) >= 11 is 7.78. The largest absolute Gasteiger partial charge is 0.507 e. The molecule has 0 saturated heterocycles. The highest BCUT2D eigenvalue weighted by Crippen LogP contribution is 2.42.